The molecular formula is C4H6Cl3NO2. The fraction of sp³-hybridized carbons (Fsp3) is 0.750. The number of halogens is 3. The van der Waals surface area contributed by atoms with Gasteiger partial charge in [-0.05, 0) is 0 Å². The zero-order valence-corrected chi connectivity index (χ0v) is 7.12. The van der Waals surface area contributed by atoms with E-state index in [2.05, 4.69) is 0 Å². The summed E-state index contributed by atoms with van der Waals surface area (Å²) in [5.41, 5.74) is 0. The van der Waals surface area contributed by atoms with Crippen LogP contribution in [0, 0.1) is 0 Å². The first kappa shape index (κ1) is 10.3. The minimum absolute atomic E-state index is 0.169. The van der Waals surface area contributed by atoms with Crippen LogP contribution in [0.5, 0.6) is 0 Å². The summed E-state index contributed by atoms with van der Waals surface area (Å²) in [6.45, 7) is 0. The molecule has 0 aliphatic carbocycles. The maximum Gasteiger partial charge on any atom is 0.209 e. The van der Waals surface area contributed by atoms with Crippen molar-refractivity contribution in [2.24, 2.45) is 0 Å². The van der Waals surface area contributed by atoms with Crippen LogP contribution in [-0.2, 0) is 4.79 Å². The summed E-state index contributed by atoms with van der Waals surface area (Å²) < 4.78 is -1.53. The predicted octanol–water partition coefficient (Wildman–Crippen LogP) is 0.463. The van der Waals surface area contributed by atoms with E-state index in [1.54, 1.807) is 0 Å². The average Bonchev–Trinajstić information content (AvgIpc) is 1.89. The van der Waals surface area contributed by atoms with E-state index in [1.165, 1.54) is 0 Å². The van der Waals surface area contributed by atoms with Gasteiger partial charge in [0.1, 0.15) is 0 Å². The summed E-state index contributed by atoms with van der Waals surface area (Å²) in [6, 6.07) is 0. The molecule has 1 unspecified atom stereocenters. The molecule has 0 aromatic heterocycles. The summed E-state index contributed by atoms with van der Waals surface area (Å²) in [5, 5.41) is 10.8. The third-order valence-electron chi connectivity index (χ3n) is 0.804. The van der Waals surface area contributed by atoms with Crippen LogP contribution in [0.3, 0.4) is 0 Å². The number of alkyl halides is 3. The second-order valence-corrected chi connectivity index (χ2v) is 3.39. The third-order valence-corrected chi connectivity index (χ3v) is 2.18. The molecule has 0 fully saturated rings. The first-order valence-corrected chi connectivity index (χ1v) is 3.65. The van der Waals surface area contributed by atoms with Crippen LogP contribution in [0.2, 0.25) is 0 Å². The van der Waals surface area contributed by atoms with Crippen molar-refractivity contribution in [2.45, 2.75) is 10.6 Å². The summed E-state index contributed by atoms with van der Waals surface area (Å²) in [5.74, 6) is -0.169. The number of hydrogen-bond acceptors (Lipinski definition) is 2. The fourth-order valence-corrected chi connectivity index (χ4v) is 0.532. The fourth-order valence-electron chi connectivity index (χ4n) is 0.259. The van der Waals surface area contributed by atoms with E-state index in [4.69, 9.17) is 39.9 Å². The molecule has 0 bridgehead atoms. The minimum atomic E-state index is -1.53. The Bertz CT molecular complexity index is 119. The maximum atomic E-state index is 9.75. The number of carbonyl (C=O) groups excluding carboxylic acids is 1. The Morgan fingerprint density at radius 1 is 1.70 bits per heavy atom. The molecule has 0 aliphatic rings. The van der Waals surface area contributed by atoms with Crippen molar-refractivity contribution in [1.29, 1.82) is 0 Å². The van der Waals surface area contributed by atoms with Gasteiger partial charge in [-0.15, -0.1) is 11.6 Å². The molecule has 10 heavy (non-hydrogen) atoms. The quantitative estimate of drug-likeness (QED) is 0.399. The highest BCUT2D eigenvalue weighted by Crippen LogP contribution is 2.25. The SMILES string of the molecule is O=CNC(O)C(Cl)(Cl)CCl. The molecule has 0 saturated heterocycles. The lowest BCUT2D eigenvalue weighted by Gasteiger charge is -2.21. The number of carbonyl (C=O) groups is 1. The lowest BCUT2D eigenvalue weighted by molar-refractivity contribution is -0.112. The van der Waals surface area contributed by atoms with Crippen LogP contribution in [-0.4, -0.2) is 28.0 Å². The van der Waals surface area contributed by atoms with E-state index in [0.717, 1.165) is 0 Å². The molecule has 60 valence electrons. The minimum Gasteiger partial charge on any atom is -0.371 e. The largest absolute Gasteiger partial charge is 0.371 e. The van der Waals surface area contributed by atoms with Crippen molar-refractivity contribution in [3.63, 3.8) is 0 Å². The number of rotatable bonds is 4. The smallest absolute Gasteiger partial charge is 0.209 e. The Kier molecular flexibility index (Phi) is 4.36. The molecule has 0 aliphatic heterocycles. The molecule has 6 heteroatoms. The normalized spacial score (nSPS) is 14.4. The molecule has 1 atom stereocenters. The number of hydrogen-bond donors (Lipinski definition) is 2. The Hall–Kier alpha value is 0.300. The van der Waals surface area contributed by atoms with Gasteiger partial charge < -0.3 is 10.4 Å². The molecule has 0 saturated carbocycles. The van der Waals surface area contributed by atoms with Gasteiger partial charge in [0.25, 0.3) is 0 Å². The van der Waals surface area contributed by atoms with Crippen LogP contribution in [0.15, 0.2) is 0 Å². The molecule has 0 aromatic carbocycles. The van der Waals surface area contributed by atoms with Crippen molar-refractivity contribution in [1.82, 2.24) is 5.32 Å². The number of amides is 1. The highest BCUT2D eigenvalue weighted by atomic mass is 35.5. The van der Waals surface area contributed by atoms with Crippen LogP contribution in [0.1, 0.15) is 0 Å². The summed E-state index contributed by atoms with van der Waals surface area (Å²) >= 11 is 16.1. The van der Waals surface area contributed by atoms with E-state index < -0.39 is 10.6 Å². The first-order valence-electron chi connectivity index (χ1n) is 2.36. The zero-order chi connectivity index (χ0) is 8.20. The number of aliphatic hydroxyl groups excluding tert-OH is 1. The summed E-state index contributed by atoms with van der Waals surface area (Å²) in [6.07, 6.45) is -1.05. The van der Waals surface area contributed by atoms with Gasteiger partial charge in [0.2, 0.25) is 6.41 Å². The summed E-state index contributed by atoms with van der Waals surface area (Å²) in [4.78, 5) is 9.75. The second-order valence-electron chi connectivity index (χ2n) is 1.58. The highest BCUT2D eigenvalue weighted by Gasteiger charge is 2.32. The van der Waals surface area contributed by atoms with Crippen molar-refractivity contribution in [2.75, 3.05) is 5.88 Å². The van der Waals surface area contributed by atoms with Crippen molar-refractivity contribution in [3.8, 4) is 0 Å². The summed E-state index contributed by atoms with van der Waals surface area (Å²) in [7, 11) is 0. The Morgan fingerprint density at radius 3 is 2.50 bits per heavy atom. The van der Waals surface area contributed by atoms with Gasteiger partial charge in [-0.25, -0.2) is 0 Å². The molecule has 1 amide bonds. The van der Waals surface area contributed by atoms with E-state index in [9.17, 15) is 4.79 Å². The topological polar surface area (TPSA) is 49.3 Å². The van der Waals surface area contributed by atoms with E-state index in [0.29, 0.717) is 0 Å². The molecule has 0 heterocycles. The third kappa shape index (κ3) is 2.92. The number of nitrogens with one attached hydrogen (secondary N) is 1. The van der Waals surface area contributed by atoms with E-state index >= 15 is 0 Å². The Morgan fingerprint density at radius 2 is 2.20 bits per heavy atom. The van der Waals surface area contributed by atoms with Crippen LogP contribution in [0.4, 0.5) is 0 Å². The second kappa shape index (κ2) is 4.23. The van der Waals surface area contributed by atoms with E-state index in [1.807, 2.05) is 5.32 Å². The zero-order valence-electron chi connectivity index (χ0n) is 4.85. The van der Waals surface area contributed by atoms with Crippen LogP contribution < -0.4 is 5.32 Å². The standard InChI is InChI=1S/C4H6Cl3NO2/c5-1-4(6,7)3(10)8-2-9/h2-3,10H,1H2,(H,8,9). The monoisotopic (exact) mass is 205 g/mol. The molecule has 3 nitrogen and oxygen atoms in total. The molecule has 0 aromatic rings. The molecule has 0 radical (unpaired) electrons. The lowest BCUT2D eigenvalue weighted by atomic mass is 10.4. The van der Waals surface area contributed by atoms with Crippen molar-refractivity contribution >= 4 is 41.2 Å². The molecule has 2 N–H and O–H groups in total. The van der Waals surface area contributed by atoms with Crippen molar-refractivity contribution in [3.05, 3.63) is 0 Å². The van der Waals surface area contributed by atoms with Crippen LogP contribution in [0.25, 0.3) is 0 Å². The molecule has 0 rings (SSSR count). The predicted molar refractivity (Wildman–Crippen MR) is 40.4 cm³/mol. The average molecular weight is 206 g/mol. The van der Waals surface area contributed by atoms with Gasteiger partial charge in [0.05, 0.1) is 5.88 Å². The Balaban J connectivity index is 3.89. The molecular weight excluding hydrogens is 200 g/mol. The number of aliphatic hydroxyl groups is 1. The highest BCUT2D eigenvalue weighted by molar-refractivity contribution is 6.51. The van der Waals surface area contributed by atoms with Gasteiger partial charge in [-0.1, -0.05) is 23.2 Å². The lowest BCUT2D eigenvalue weighted by Crippen LogP contribution is -2.43. The van der Waals surface area contributed by atoms with Crippen molar-refractivity contribution < 1.29 is 9.90 Å². The maximum absolute atomic E-state index is 9.75. The first-order chi connectivity index (χ1) is 4.54. The van der Waals surface area contributed by atoms with Gasteiger partial charge in [0, 0.05) is 0 Å². The Labute approximate surface area is 73.2 Å². The van der Waals surface area contributed by atoms with Gasteiger partial charge in [-0.3, -0.25) is 4.79 Å². The van der Waals surface area contributed by atoms with Crippen LogP contribution >= 0.6 is 34.8 Å². The van der Waals surface area contributed by atoms with Gasteiger partial charge in [0.15, 0.2) is 10.6 Å². The molecule has 0 spiro atoms. The van der Waals surface area contributed by atoms with Gasteiger partial charge in [-0.2, -0.15) is 0 Å². The van der Waals surface area contributed by atoms with E-state index in [-0.39, 0.29) is 12.3 Å². The van der Waals surface area contributed by atoms with Gasteiger partial charge >= 0.3 is 0 Å².